The first-order chi connectivity index (χ1) is 15.0. The molecule has 4 atom stereocenters. The number of fused-ring (bicyclic) bond motifs is 1. The molecule has 31 heavy (non-hydrogen) atoms. The number of aliphatic hydroxyl groups is 3. The molecule has 0 bridgehead atoms. The number of aliphatic hydroxyl groups excluding tert-OH is 3. The maximum absolute atomic E-state index is 10.6. The maximum atomic E-state index is 10.6. The Kier molecular flexibility index (Phi) is 5.50. The van der Waals surface area contributed by atoms with E-state index < -0.39 is 24.5 Å². The molecule has 5 rings (SSSR count). The van der Waals surface area contributed by atoms with Crippen LogP contribution in [-0.2, 0) is 16.1 Å². The van der Waals surface area contributed by atoms with E-state index in [0.29, 0.717) is 35.9 Å². The molecular formula is C18H21ClN6O6. The van der Waals surface area contributed by atoms with Crippen molar-refractivity contribution in [2.24, 2.45) is 0 Å². The number of hydrogen-bond donors (Lipinski definition) is 4. The molecule has 3 aromatic rings. The van der Waals surface area contributed by atoms with Crippen molar-refractivity contribution < 1.29 is 29.3 Å². The lowest BCUT2D eigenvalue weighted by Crippen LogP contribution is -2.29. The lowest BCUT2D eigenvalue weighted by molar-refractivity contribution is -0.0434. The van der Waals surface area contributed by atoms with Crippen LogP contribution in [-0.4, -0.2) is 71.5 Å². The molecule has 2 saturated heterocycles. The van der Waals surface area contributed by atoms with E-state index in [-0.39, 0.29) is 23.7 Å². The van der Waals surface area contributed by atoms with Crippen molar-refractivity contribution in [2.45, 2.75) is 50.0 Å². The zero-order valence-electron chi connectivity index (χ0n) is 16.3. The van der Waals surface area contributed by atoms with Gasteiger partial charge in [0.15, 0.2) is 29.0 Å². The average Bonchev–Trinajstić information content (AvgIpc) is 3.48. The summed E-state index contributed by atoms with van der Waals surface area (Å²) in [4.78, 5) is 12.9. The van der Waals surface area contributed by atoms with Crippen molar-refractivity contribution in [1.29, 1.82) is 0 Å². The summed E-state index contributed by atoms with van der Waals surface area (Å²) < 4.78 is 17.9. The number of nitrogens with zero attached hydrogens (tertiary/aromatic N) is 5. The number of rotatable bonds is 5. The lowest BCUT2D eigenvalue weighted by atomic mass is 10.1. The van der Waals surface area contributed by atoms with Crippen LogP contribution in [0.2, 0.25) is 5.28 Å². The third-order valence-corrected chi connectivity index (χ3v) is 5.66. The summed E-state index contributed by atoms with van der Waals surface area (Å²) in [5.74, 6) is 0.671. The molecule has 2 aliphatic rings. The summed E-state index contributed by atoms with van der Waals surface area (Å²) in [6.45, 7) is 1.01. The Morgan fingerprint density at radius 3 is 2.74 bits per heavy atom. The van der Waals surface area contributed by atoms with E-state index in [1.54, 1.807) is 0 Å². The molecule has 0 unspecified atom stereocenters. The van der Waals surface area contributed by atoms with E-state index in [0.717, 1.165) is 12.8 Å². The molecule has 0 aromatic carbocycles. The minimum Gasteiger partial charge on any atom is -0.390 e. The molecule has 13 heteroatoms. The highest BCUT2D eigenvalue weighted by molar-refractivity contribution is 6.28. The Labute approximate surface area is 180 Å². The average molecular weight is 453 g/mol. The second-order valence-corrected chi connectivity index (χ2v) is 7.84. The molecule has 4 N–H and O–H groups in total. The van der Waals surface area contributed by atoms with Crippen LogP contribution in [0.3, 0.4) is 0 Å². The summed E-state index contributed by atoms with van der Waals surface area (Å²) in [5, 5.41) is 37.4. The molecule has 0 spiro atoms. The van der Waals surface area contributed by atoms with E-state index in [4.69, 9.17) is 25.6 Å². The summed E-state index contributed by atoms with van der Waals surface area (Å²) in [5.41, 5.74) is 1.10. The summed E-state index contributed by atoms with van der Waals surface area (Å²) >= 11 is 6.16. The predicted octanol–water partition coefficient (Wildman–Crippen LogP) is 0.543. The Bertz CT molecular complexity index is 1070. The maximum Gasteiger partial charge on any atom is 0.226 e. The van der Waals surface area contributed by atoms with Crippen LogP contribution in [0.1, 0.15) is 36.6 Å². The third-order valence-electron chi connectivity index (χ3n) is 5.49. The minimum absolute atomic E-state index is 0.0104. The van der Waals surface area contributed by atoms with Gasteiger partial charge in [0.1, 0.15) is 24.0 Å². The highest BCUT2D eigenvalue weighted by atomic mass is 35.5. The van der Waals surface area contributed by atoms with Crippen molar-refractivity contribution in [3.05, 3.63) is 29.1 Å². The topological polar surface area (TPSA) is 161 Å². The number of imidazole rings is 1. The highest BCUT2D eigenvalue weighted by Gasteiger charge is 2.47. The van der Waals surface area contributed by atoms with Crippen molar-refractivity contribution in [3.63, 3.8) is 0 Å². The Morgan fingerprint density at radius 1 is 1.19 bits per heavy atom. The molecule has 2 fully saturated rings. The van der Waals surface area contributed by atoms with Gasteiger partial charge in [0.2, 0.25) is 5.28 Å². The van der Waals surface area contributed by atoms with Crippen LogP contribution in [0.4, 0.5) is 5.82 Å². The van der Waals surface area contributed by atoms with Gasteiger partial charge in [-0.3, -0.25) is 4.57 Å². The fourth-order valence-corrected chi connectivity index (χ4v) is 4.04. The zero-order valence-corrected chi connectivity index (χ0v) is 17.0. The van der Waals surface area contributed by atoms with E-state index in [1.807, 2.05) is 0 Å². The first-order valence-corrected chi connectivity index (χ1v) is 10.2. The first-order valence-electron chi connectivity index (χ1n) is 9.87. The van der Waals surface area contributed by atoms with Gasteiger partial charge in [0, 0.05) is 25.3 Å². The molecule has 12 nitrogen and oxygen atoms in total. The molecule has 0 aliphatic carbocycles. The fraction of sp³-hybridized carbons (Fsp3) is 0.556. The molecule has 0 radical (unpaired) electrons. The van der Waals surface area contributed by atoms with Gasteiger partial charge in [-0.25, -0.2) is 4.98 Å². The van der Waals surface area contributed by atoms with Gasteiger partial charge in [-0.2, -0.15) is 9.97 Å². The Morgan fingerprint density at radius 2 is 2.00 bits per heavy atom. The standard InChI is InChI=1S/C18H21ClN6O6/c19-18-22-15(21-8-1-3-29-4-2-8)11-16(23-18)25(7-20-11)17-13(28)12(27)14(30-17)10-5-9(6-26)24-31-10/h5,7-8,12-14,17,26-28H,1-4,6H2,(H,21,22,23)/t12-,13+,14+,17+/m0/s1. The number of aromatic nitrogens is 5. The summed E-state index contributed by atoms with van der Waals surface area (Å²) in [7, 11) is 0. The molecule has 2 aliphatic heterocycles. The third kappa shape index (κ3) is 3.75. The van der Waals surface area contributed by atoms with Gasteiger partial charge in [0.05, 0.1) is 12.9 Å². The fourth-order valence-electron chi connectivity index (χ4n) is 3.87. The summed E-state index contributed by atoms with van der Waals surface area (Å²) in [6, 6.07) is 1.63. The monoisotopic (exact) mass is 452 g/mol. The van der Waals surface area contributed by atoms with E-state index in [2.05, 4.69) is 25.4 Å². The van der Waals surface area contributed by atoms with E-state index in [9.17, 15) is 15.3 Å². The van der Waals surface area contributed by atoms with Gasteiger partial charge in [-0.1, -0.05) is 5.16 Å². The van der Waals surface area contributed by atoms with Crippen LogP contribution >= 0.6 is 11.6 Å². The molecule has 0 amide bonds. The number of hydrogen-bond acceptors (Lipinski definition) is 11. The van der Waals surface area contributed by atoms with Crippen LogP contribution in [0, 0.1) is 0 Å². The molecule has 166 valence electrons. The van der Waals surface area contributed by atoms with Crippen molar-refractivity contribution in [2.75, 3.05) is 18.5 Å². The Balaban J connectivity index is 1.45. The molecular weight excluding hydrogens is 432 g/mol. The van der Waals surface area contributed by atoms with Gasteiger partial charge >= 0.3 is 0 Å². The Hall–Kier alpha value is -2.35. The van der Waals surface area contributed by atoms with E-state index in [1.165, 1.54) is 17.0 Å². The molecule has 5 heterocycles. The summed E-state index contributed by atoms with van der Waals surface area (Å²) in [6.07, 6.45) is -1.47. The zero-order chi connectivity index (χ0) is 21.5. The van der Waals surface area contributed by atoms with Gasteiger partial charge in [0.25, 0.3) is 0 Å². The second kappa shape index (κ2) is 8.30. The number of halogens is 1. The van der Waals surface area contributed by atoms with Crippen LogP contribution in [0.25, 0.3) is 11.2 Å². The number of anilines is 1. The van der Waals surface area contributed by atoms with Crippen LogP contribution in [0.5, 0.6) is 0 Å². The lowest BCUT2D eigenvalue weighted by Gasteiger charge is -2.23. The van der Waals surface area contributed by atoms with E-state index >= 15 is 0 Å². The van der Waals surface area contributed by atoms with Crippen molar-refractivity contribution in [1.82, 2.24) is 24.7 Å². The van der Waals surface area contributed by atoms with Crippen molar-refractivity contribution in [3.8, 4) is 0 Å². The van der Waals surface area contributed by atoms with Crippen molar-refractivity contribution >= 4 is 28.6 Å². The second-order valence-electron chi connectivity index (χ2n) is 7.50. The largest absolute Gasteiger partial charge is 0.390 e. The number of ether oxygens (including phenoxy) is 2. The quantitative estimate of drug-likeness (QED) is 0.400. The SMILES string of the molecule is OCc1cc([C@H]2O[C@@H](n3cnc4c(NC5CCOCC5)nc(Cl)nc43)[C@H](O)[C@@H]2O)on1. The van der Waals surface area contributed by atoms with Gasteiger partial charge < -0.3 is 34.6 Å². The van der Waals surface area contributed by atoms with Gasteiger partial charge in [-0.05, 0) is 24.4 Å². The smallest absolute Gasteiger partial charge is 0.226 e. The first kappa shape index (κ1) is 20.5. The molecule has 0 saturated carbocycles. The van der Waals surface area contributed by atoms with Crippen LogP contribution in [0.15, 0.2) is 16.9 Å². The normalized spacial score (nSPS) is 27.2. The highest BCUT2D eigenvalue weighted by Crippen LogP contribution is 2.40. The molecule has 3 aromatic heterocycles. The predicted molar refractivity (Wildman–Crippen MR) is 105 cm³/mol. The number of nitrogens with one attached hydrogen (secondary N) is 1. The minimum atomic E-state index is -1.30. The van der Waals surface area contributed by atoms with Gasteiger partial charge in [-0.15, -0.1) is 0 Å². The van der Waals surface area contributed by atoms with Crippen LogP contribution < -0.4 is 5.32 Å².